The van der Waals surface area contributed by atoms with Crippen molar-refractivity contribution in [1.82, 2.24) is 60.0 Å². The van der Waals surface area contributed by atoms with Crippen molar-refractivity contribution in [3.05, 3.63) is 81.0 Å². The van der Waals surface area contributed by atoms with Gasteiger partial charge in [-0.15, -0.1) is 20.4 Å². The standard InChI is InChI=1S/C26H24Br2N12S2/c1-3-37-25(21(13-29-37)23-31-35-39(33-23)15-17-5-9-19(27)10-6-17)41-42-26-22(14-30-38(26)4-2)24-32-36-40(34-24)16-18-7-11-20(28)12-8-18/h5-14H,3-4,15-16H2,1-2H3. The topological polar surface area (TPSA) is 123 Å². The van der Waals surface area contributed by atoms with Gasteiger partial charge in [0.15, 0.2) is 0 Å². The van der Waals surface area contributed by atoms with Crippen LogP contribution in [0, 0.1) is 0 Å². The second-order valence-electron chi connectivity index (χ2n) is 9.06. The number of nitrogens with zero attached hydrogens (tertiary/aromatic N) is 12. The van der Waals surface area contributed by atoms with Gasteiger partial charge in [0, 0.05) is 22.0 Å². The molecule has 0 unspecified atom stereocenters. The molecular formula is C26H24Br2N12S2. The Bertz CT molecular complexity index is 1660. The van der Waals surface area contributed by atoms with E-state index >= 15 is 0 Å². The molecule has 0 amide bonds. The van der Waals surface area contributed by atoms with Gasteiger partial charge in [0.1, 0.15) is 10.1 Å². The normalized spacial score (nSPS) is 11.4. The molecule has 0 spiro atoms. The highest BCUT2D eigenvalue weighted by Gasteiger charge is 2.22. The molecule has 42 heavy (non-hydrogen) atoms. The fourth-order valence-corrected chi connectivity index (χ4v) is 7.31. The summed E-state index contributed by atoms with van der Waals surface area (Å²) in [4.78, 5) is 3.19. The van der Waals surface area contributed by atoms with Crippen LogP contribution >= 0.6 is 53.4 Å². The molecule has 0 bridgehead atoms. The average molecular weight is 729 g/mol. The van der Waals surface area contributed by atoms with Gasteiger partial charge in [-0.1, -0.05) is 56.1 Å². The number of aryl methyl sites for hydroxylation is 2. The number of hydrogen-bond acceptors (Lipinski definition) is 10. The minimum absolute atomic E-state index is 0.522. The molecule has 4 heterocycles. The monoisotopic (exact) mass is 726 g/mol. The SMILES string of the molecule is CCn1ncc(-c2nnn(Cc3ccc(Br)cc3)n2)c1SSc1c(-c2nnn(Cc3ccc(Br)cc3)n2)cnn1CC. The van der Waals surface area contributed by atoms with Crippen molar-refractivity contribution in [2.45, 2.75) is 50.1 Å². The third kappa shape index (κ3) is 6.35. The highest BCUT2D eigenvalue weighted by Crippen LogP contribution is 2.44. The van der Waals surface area contributed by atoms with E-state index in [1.807, 2.05) is 57.9 Å². The smallest absolute Gasteiger partial charge is 0.209 e. The van der Waals surface area contributed by atoms with E-state index in [2.05, 4.69) is 86.7 Å². The van der Waals surface area contributed by atoms with Gasteiger partial charge in [0.2, 0.25) is 11.6 Å². The molecule has 6 rings (SSSR count). The van der Waals surface area contributed by atoms with Crippen LogP contribution in [0.4, 0.5) is 0 Å². The lowest BCUT2D eigenvalue weighted by Gasteiger charge is -2.08. The van der Waals surface area contributed by atoms with E-state index in [0.29, 0.717) is 37.8 Å². The first-order chi connectivity index (χ1) is 20.5. The van der Waals surface area contributed by atoms with E-state index in [1.165, 1.54) is 0 Å². The molecule has 16 heteroatoms. The maximum atomic E-state index is 4.65. The van der Waals surface area contributed by atoms with E-state index in [-0.39, 0.29) is 0 Å². The Kier molecular flexibility index (Phi) is 8.83. The van der Waals surface area contributed by atoms with Gasteiger partial charge in [-0.3, -0.25) is 9.36 Å². The highest BCUT2D eigenvalue weighted by molar-refractivity contribution is 9.10. The number of tetrazole rings is 2. The second kappa shape index (κ2) is 12.9. The van der Waals surface area contributed by atoms with E-state index in [9.17, 15) is 0 Å². The average Bonchev–Trinajstić information content (AvgIpc) is 3.80. The Morgan fingerprint density at radius 3 is 1.40 bits per heavy atom. The maximum absolute atomic E-state index is 4.65. The van der Waals surface area contributed by atoms with Crippen LogP contribution in [0.15, 0.2) is 79.9 Å². The largest absolute Gasteiger partial charge is 0.258 e. The van der Waals surface area contributed by atoms with Gasteiger partial charge in [0.05, 0.1) is 36.6 Å². The van der Waals surface area contributed by atoms with Crippen LogP contribution < -0.4 is 0 Å². The first-order valence-corrected chi connectivity index (χ1v) is 16.8. The Hall–Kier alpha value is -3.34. The van der Waals surface area contributed by atoms with Gasteiger partial charge in [-0.25, -0.2) is 0 Å². The molecule has 0 N–H and O–H groups in total. The number of halogens is 2. The molecule has 12 nitrogen and oxygen atoms in total. The number of benzene rings is 2. The third-order valence-electron chi connectivity index (χ3n) is 6.24. The predicted molar refractivity (Wildman–Crippen MR) is 168 cm³/mol. The Balaban J connectivity index is 1.22. The van der Waals surface area contributed by atoms with Crippen molar-refractivity contribution in [1.29, 1.82) is 0 Å². The lowest BCUT2D eigenvalue weighted by molar-refractivity contribution is 0.572. The summed E-state index contributed by atoms with van der Waals surface area (Å²) in [5.41, 5.74) is 3.80. The minimum atomic E-state index is 0.522. The summed E-state index contributed by atoms with van der Waals surface area (Å²) in [6.07, 6.45) is 3.58. The molecule has 4 aromatic heterocycles. The van der Waals surface area contributed by atoms with Crippen LogP contribution in [-0.4, -0.2) is 60.0 Å². The molecule has 0 radical (unpaired) electrons. The van der Waals surface area contributed by atoms with Gasteiger partial charge in [-0.05, 0) is 81.3 Å². The minimum Gasteiger partial charge on any atom is -0.258 e. The van der Waals surface area contributed by atoms with Gasteiger partial charge in [-0.2, -0.15) is 19.8 Å². The molecule has 0 aliphatic carbocycles. The van der Waals surface area contributed by atoms with Crippen LogP contribution in [0.25, 0.3) is 22.8 Å². The molecule has 6 aromatic rings. The van der Waals surface area contributed by atoms with Crippen molar-refractivity contribution >= 4 is 53.4 Å². The molecule has 0 fully saturated rings. The molecular weight excluding hydrogens is 704 g/mol. The van der Waals surface area contributed by atoms with Crippen molar-refractivity contribution in [2.24, 2.45) is 0 Å². The van der Waals surface area contributed by atoms with Crippen LogP contribution in [0.5, 0.6) is 0 Å². The Morgan fingerprint density at radius 2 is 1.02 bits per heavy atom. The summed E-state index contributed by atoms with van der Waals surface area (Å²) in [5, 5.41) is 37.6. The first kappa shape index (κ1) is 28.8. The van der Waals surface area contributed by atoms with Crippen LogP contribution in [0.3, 0.4) is 0 Å². The second-order valence-corrected chi connectivity index (χ2v) is 13.0. The molecule has 0 aliphatic heterocycles. The zero-order valence-corrected chi connectivity index (χ0v) is 27.3. The fourth-order valence-electron chi connectivity index (χ4n) is 4.10. The van der Waals surface area contributed by atoms with Crippen LogP contribution in [-0.2, 0) is 26.2 Å². The van der Waals surface area contributed by atoms with Gasteiger partial charge < -0.3 is 0 Å². The Labute approximate surface area is 265 Å². The van der Waals surface area contributed by atoms with E-state index in [1.54, 1.807) is 43.6 Å². The number of aromatic nitrogens is 12. The first-order valence-electron chi connectivity index (χ1n) is 13.0. The summed E-state index contributed by atoms with van der Waals surface area (Å²) in [6.45, 7) is 6.54. The summed E-state index contributed by atoms with van der Waals surface area (Å²) in [7, 11) is 3.14. The molecule has 214 valence electrons. The lowest BCUT2D eigenvalue weighted by Crippen LogP contribution is -2.04. The van der Waals surface area contributed by atoms with Crippen molar-refractivity contribution in [3.63, 3.8) is 0 Å². The van der Waals surface area contributed by atoms with Gasteiger partial charge in [0.25, 0.3) is 0 Å². The molecule has 0 atom stereocenters. The van der Waals surface area contributed by atoms with Crippen molar-refractivity contribution < 1.29 is 0 Å². The summed E-state index contributed by atoms with van der Waals surface area (Å²) < 4.78 is 5.92. The molecule has 0 saturated carbocycles. The highest BCUT2D eigenvalue weighted by atomic mass is 79.9. The predicted octanol–water partition coefficient (Wildman–Crippen LogP) is 5.85. The lowest BCUT2D eigenvalue weighted by atomic mass is 10.2. The summed E-state index contributed by atoms with van der Waals surface area (Å²) in [6, 6.07) is 16.1. The van der Waals surface area contributed by atoms with Crippen LogP contribution in [0.1, 0.15) is 25.0 Å². The third-order valence-corrected chi connectivity index (χ3v) is 9.76. The molecule has 2 aromatic carbocycles. The van der Waals surface area contributed by atoms with E-state index in [4.69, 9.17) is 0 Å². The fraction of sp³-hybridized carbons (Fsp3) is 0.231. The van der Waals surface area contributed by atoms with E-state index in [0.717, 1.165) is 41.3 Å². The van der Waals surface area contributed by atoms with E-state index < -0.39 is 0 Å². The van der Waals surface area contributed by atoms with Crippen molar-refractivity contribution in [3.8, 4) is 22.8 Å². The summed E-state index contributed by atoms with van der Waals surface area (Å²) in [5.74, 6) is 1.05. The van der Waals surface area contributed by atoms with Gasteiger partial charge >= 0.3 is 0 Å². The molecule has 0 aliphatic rings. The zero-order valence-electron chi connectivity index (χ0n) is 22.5. The Morgan fingerprint density at radius 1 is 0.619 bits per heavy atom. The summed E-state index contributed by atoms with van der Waals surface area (Å²) >= 11 is 6.94. The van der Waals surface area contributed by atoms with Crippen LogP contribution in [0.2, 0.25) is 0 Å². The quantitative estimate of drug-likeness (QED) is 0.150. The van der Waals surface area contributed by atoms with Crippen molar-refractivity contribution in [2.75, 3.05) is 0 Å². The maximum Gasteiger partial charge on any atom is 0.209 e. The zero-order chi connectivity index (χ0) is 29.1. The number of hydrogen-bond donors (Lipinski definition) is 0. The molecule has 0 saturated heterocycles. The number of rotatable bonds is 11.